The molecule has 2 nitrogen and oxygen atoms in total. The van der Waals surface area contributed by atoms with E-state index in [2.05, 4.69) is 4.98 Å². The van der Waals surface area contributed by atoms with Crippen LogP contribution in [0.2, 0.25) is 5.02 Å². The van der Waals surface area contributed by atoms with Gasteiger partial charge >= 0.3 is 0 Å². The highest BCUT2D eigenvalue weighted by atomic mass is 35.5. The Balaban J connectivity index is 2.53. The standard InChI is InChI=1S/C12H10ClNO/c1-15-12-8-9(13)5-6-10(12)11-4-2-3-7-14-11/h2-8H,1H3. The first kappa shape index (κ1) is 9.99. The van der Waals surface area contributed by atoms with Crippen LogP contribution in [0.25, 0.3) is 11.3 Å². The molecule has 1 heterocycles. The summed E-state index contributed by atoms with van der Waals surface area (Å²) in [5.41, 5.74) is 1.83. The van der Waals surface area contributed by atoms with Gasteiger partial charge in [0.25, 0.3) is 0 Å². The van der Waals surface area contributed by atoms with Gasteiger partial charge in [-0.05, 0) is 30.3 Å². The van der Waals surface area contributed by atoms with Crippen LogP contribution in [0.5, 0.6) is 5.75 Å². The van der Waals surface area contributed by atoms with E-state index in [9.17, 15) is 0 Å². The normalized spacial score (nSPS) is 10.0. The van der Waals surface area contributed by atoms with Crippen molar-refractivity contribution in [3.63, 3.8) is 0 Å². The maximum Gasteiger partial charge on any atom is 0.129 e. The maximum absolute atomic E-state index is 5.88. The fraction of sp³-hybridized carbons (Fsp3) is 0.0833. The molecule has 0 radical (unpaired) electrons. The van der Waals surface area contributed by atoms with Crippen molar-refractivity contribution < 1.29 is 4.74 Å². The summed E-state index contributed by atoms with van der Waals surface area (Å²) >= 11 is 5.88. The molecular formula is C12H10ClNO. The first-order chi connectivity index (χ1) is 7.31. The molecule has 0 atom stereocenters. The Labute approximate surface area is 93.5 Å². The number of nitrogens with zero attached hydrogens (tertiary/aromatic N) is 1. The highest BCUT2D eigenvalue weighted by molar-refractivity contribution is 6.30. The molecule has 0 fully saturated rings. The molecule has 0 unspecified atom stereocenters. The number of benzene rings is 1. The van der Waals surface area contributed by atoms with Gasteiger partial charge in [0.2, 0.25) is 0 Å². The summed E-state index contributed by atoms with van der Waals surface area (Å²) in [5, 5.41) is 0.659. The molecule has 76 valence electrons. The maximum atomic E-state index is 5.88. The van der Waals surface area contributed by atoms with E-state index in [4.69, 9.17) is 16.3 Å². The lowest BCUT2D eigenvalue weighted by molar-refractivity contribution is 0.416. The molecule has 0 amide bonds. The SMILES string of the molecule is COc1cc(Cl)ccc1-c1ccccn1. The molecule has 2 aromatic rings. The number of pyridine rings is 1. The molecule has 0 saturated carbocycles. The van der Waals surface area contributed by atoms with Gasteiger partial charge in [-0.15, -0.1) is 0 Å². The third kappa shape index (κ3) is 2.10. The van der Waals surface area contributed by atoms with Crippen LogP contribution in [-0.4, -0.2) is 12.1 Å². The van der Waals surface area contributed by atoms with Gasteiger partial charge in [0.1, 0.15) is 5.75 Å². The first-order valence-electron chi connectivity index (χ1n) is 4.56. The molecule has 0 aliphatic carbocycles. The van der Waals surface area contributed by atoms with Gasteiger partial charge in [0.15, 0.2) is 0 Å². The Morgan fingerprint density at radius 3 is 2.73 bits per heavy atom. The Kier molecular flexibility index (Phi) is 2.88. The number of ether oxygens (including phenoxy) is 1. The number of aromatic nitrogens is 1. The van der Waals surface area contributed by atoms with Crippen LogP contribution in [0.4, 0.5) is 0 Å². The van der Waals surface area contributed by atoms with E-state index >= 15 is 0 Å². The molecule has 3 heteroatoms. The van der Waals surface area contributed by atoms with E-state index in [1.54, 1.807) is 19.4 Å². The van der Waals surface area contributed by atoms with Crippen molar-refractivity contribution in [3.05, 3.63) is 47.6 Å². The van der Waals surface area contributed by atoms with Crippen LogP contribution in [0.15, 0.2) is 42.6 Å². The minimum atomic E-state index is 0.659. The highest BCUT2D eigenvalue weighted by Gasteiger charge is 2.06. The fourth-order valence-corrected chi connectivity index (χ4v) is 1.56. The number of hydrogen-bond acceptors (Lipinski definition) is 2. The van der Waals surface area contributed by atoms with Crippen LogP contribution in [0.3, 0.4) is 0 Å². The summed E-state index contributed by atoms with van der Waals surface area (Å²) in [6, 6.07) is 11.3. The van der Waals surface area contributed by atoms with Crippen molar-refractivity contribution in [3.8, 4) is 17.0 Å². The van der Waals surface area contributed by atoms with E-state index in [0.717, 1.165) is 17.0 Å². The van der Waals surface area contributed by atoms with Crippen LogP contribution >= 0.6 is 11.6 Å². The second-order valence-electron chi connectivity index (χ2n) is 3.06. The number of halogens is 1. The van der Waals surface area contributed by atoms with Gasteiger partial charge < -0.3 is 4.74 Å². The fourth-order valence-electron chi connectivity index (χ4n) is 1.40. The molecule has 2 rings (SSSR count). The number of rotatable bonds is 2. The molecule has 0 bridgehead atoms. The van der Waals surface area contributed by atoms with Crippen molar-refractivity contribution in [1.29, 1.82) is 0 Å². The lowest BCUT2D eigenvalue weighted by Crippen LogP contribution is -1.89. The van der Waals surface area contributed by atoms with E-state index in [1.807, 2.05) is 30.3 Å². The summed E-state index contributed by atoms with van der Waals surface area (Å²) in [7, 11) is 1.62. The molecule has 0 aliphatic heterocycles. The summed E-state index contributed by atoms with van der Waals surface area (Å²) in [6.45, 7) is 0. The van der Waals surface area contributed by atoms with Gasteiger partial charge in [-0.2, -0.15) is 0 Å². The van der Waals surface area contributed by atoms with Gasteiger partial charge in [0.05, 0.1) is 12.8 Å². The molecular weight excluding hydrogens is 210 g/mol. The van der Waals surface area contributed by atoms with Crippen molar-refractivity contribution in [2.24, 2.45) is 0 Å². The molecule has 15 heavy (non-hydrogen) atoms. The van der Waals surface area contributed by atoms with Gasteiger partial charge in [-0.1, -0.05) is 17.7 Å². The first-order valence-corrected chi connectivity index (χ1v) is 4.94. The average molecular weight is 220 g/mol. The van der Waals surface area contributed by atoms with Crippen LogP contribution in [0.1, 0.15) is 0 Å². The van der Waals surface area contributed by atoms with Crippen molar-refractivity contribution in [2.45, 2.75) is 0 Å². The average Bonchev–Trinajstić information content (AvgIpc) is 2.30. The monoisotopic (exact) mass is 219 g/mol. The molecule has 0 spiro atoms. The summed E-state index contributed by atoms with van der Waals surface area (Å²) in [4.78, 5) is 4.26. The zero-order chi connectivity index (χ0) is 10.7. The van der Waals surface area contributed by atoms with Crippen LogP contribution < -0.4 is 4.74 Å². The van der Waals surface area contributed by atoms with Crippen molar-refractivity contribution >= 4 is 11.6 Å². The summed E-state index contributed by atoms with van der Waals surface area (Å²) < 4.78 is 5.26. The summed E-state index contributed by atoms with van der Waals surface area (Å²) in [5.74, 6) is 0.737. The van der Waals surface area contributed by atoms with Crippen molar-refractivity contribution in [2.75, 3.05) is 7.11 Å². The second-order valence-corrected chi connectivity index (χ2v) is 3.50. The smallest absolute Gasteiger partial charge is 0.129 e. The molecule has 0 aliphatic rings. The number of methoxy groups -OCH3 is 1. The van der Waals surface area contributed by atoms with Crippen LogP contribution in [-0.2, 0) is 0 Å². The van der Waals surface area contributed by atoms with Gasteiger partial charge in [-0.3, -0.25) is 4.98 Å². The Hall–Kier alpha value is -1.54. The molecule has 0 saturated heterocycles. The zero-order valence-corrected chi connectivity index (χ0v) is 9.03. The van der Waals surface area contributed by atoms with Gasteiger partial charge in [-0.25, -0.2) is 0 Å². The number of hydrogen-bond donors (Lipinski definition) is 0. The second kappa shape index (κ2) is 4.32. The minimum Gasteiger partial charge on any atom is -0.496 e. The zero-order valence-electron chi connectivity index (χ0n) is 8.27. The van der Waals surface area contributed by atoms with Crippen molar-refractivity contribution in [1.82, 2.24) is 4.98 Å². The Bertz CT molecular complexity index is 456. The minimum absolute atomic E-state index is 0.659. The Morgan fingerprint density at radius 2 is 2.07 bits per heavy atom. The van der Waals surface area contributed by atoms with E-state index in [1.165, 1.54) is 0 Å². The predicted molar refractivity (Wildman–Crippen MR) is 61.2 cm³/mol. The molecule has 1 aromatic heterocycles. The third-order valence-electron chi connectivity index (χ3n) is 2.10. The third-order valence-corrected chi connectivity index (χ3v) is 2.34. The lowest BCUT2D eigenvalue weighted by atomic mass is 10.1. The predicted octanol–water partition coefficient (Wildman–Crippen LogP) is 3.41. The Morgan fingerprint density at radius 1 is 1.20 bits per heavy atom. The largest absolute Gasteiger partial charge is 0.496 e. The van der Waals surface area contributed by atoms with Crippen LogP contribution in [0, 0.1) is 0 Å². The lowest BCUT2D eigenvalue weighted by Gasteiger charge is -2.07. The van der Waals surface area contributed by atoms with Gasteiger partial charge in [0, 0.05) is 16.8 Å². The highest BCUT2D eigenvalue weighted by Crippen LogP contribution is 2.30. The molecule has 0 N–H and O–H groups in total. The summed E-state index contributed by atoms with van der Waals surface area (Å²) in [6.07, 6.45) is 1.75. The topological polar surface area (TPSA) is 22.1 Å². The van der Waals surface area contributed by atoms with E-state index < -0.39 is 0 Å². The van der Waals surface area contributed by atoms with E-state index in [-0.39, 0.29) is 0 Å². The quantitative estimate of drug-likeness (QED) is 0.772. The molecule has 1 aromatic carbocycles. The van der Waals surface area contributed by atoms with E-state index in [0.29, 0.717) is 5.02 Å².